The summed E-state index contributed by atoms with van der Waals surface area (Å²) in [6.07, 6.45) is -1.18. The fraction of sp³-hybridized carbons (Fsp3) is 0.276. The van der Waals surface area contributed by atoms with Crippen molar-refractivity contribution in [3.8, 4) is 11.1 Å². The standard InChI is InChI=1S/C29H31N3O5/c1-29(2,3)37-28(35)32-20-14-12-19(13-15-20)16-30-26(33)17-31-27(34)36-18-25-23-10-6-4-8-21(23)22-9-5-7-11-24(22)25/h4-15,25H,16-18H2,1-3H3,(H,30,33)(H,31,34)(H,32,35). The largest absolute Gasteiger partial charge is 0.449 e. The van der Waals surface area contributed by atoms with Gasteiger partial charge < -0.3 is 20.1 Å². The molecule has 1 aliphatic carbocycles. The summed E-state index contributed by atoms with van der Waals surface area (Å²) in [6.45, 7) is 5.64. The van der Waals surface area contributed by atoms with Crippen molar-refractivity contribution in [2.24, 2.45) is 0 Å². The van der Waals surface area contributed by atoms with Crippen LogP contribution in [0.1, 0.15) is 43.4 Å². The van der Waals surface area contributed by atoms with Crippen LogP contribution >= 0.6 is 0 Å². The number of nitrogens with one attached hydrogen (secondary N) is 3. The first-order valence-electron chi connectivity index (χ1n) is 12.1. The van der Waals surface area contributed by atoms with Gasteiger partial charge in [0.15, 0.2) is 0 Å². The number of carbonyl (C=O) groups is 3. The SMILES string of the molecule is CC(C)(C)OC(=O)Nc1ccc(CNC(=O)CNC(=O)OCC2c3ccccc3-c3ccccc32)cc1. The van der Waals surface area contributed by atoms with Crippen LogP contribution in [-0.2, 0) is 20.8 Å². The predicted molar refractivity (Wildman–Crippen MR) is 141 cm³/mol. The summed E-state index contributed by atoms with van der Waals surface area (Å²) in [5, 5.41) is 7.91. The predicted octanol–water partition coefficient (Wildman–Crippen LogP) is 5.19. The van der Waals surface area contributed by atoms with E-state index in [1.807, 2.05) is 24.3 Å². The van der Waals surface area contributed by atoms with Crippen LogP contribution < -0.4 is 16.0 Å². The maximum absolute atomic E-state index is 12.3. The van der Waals surface area contributed by atoms with E-state index >= 15 is 0 Å². The Kier molecular flexibility index (Phi) is 7.77. The number of amides is 3. The van der Waals surface area contributed by atoms with Crippen molar-refractivity contribution in [2.75, 3.05) is 18.5 Å². The second-order valence-electron chi connectivity index (χ2n) is 9.78. The molecule has 0 fully saturated rings. The molecule has 4 rings (SSSR count). The van der Waals surface area contributed by atoms with Crippen molar-refractivity contribution in [1.82, 2.24) is 10.6 Å². The summed E-state index contributed by atoms with van der Waals surface area (Å²) in [5.41, 5.74) is 5.40. The Morgan fingerprint density at radius 2 is 1.38 bits per heavy atom. The highest BCUT2D eigenvalue weighted by molar-refractivity contribution is 5.85. The Bertz CT molecular complexity index is 1240. The van der Waals surface area contributed by atoms with Crippen LogP contribution in [0.15, 0.2) is 72.8 Å². The lowest BCUT2D eigenvalue weighted by Crippen LogP contribution is -2.37. The van der Waals surface area contributed by atoms with Crippen LogP contribution in [0.25, 0.3) is 11.1 Å². The number of benzene rings is 3. The van der Waals surface area contributed by atoms with Gasteiger partial charge in [-0.2, -0.15) is 0 Å². The molecule has 8 heteroatoms. The maximum Gasteiger partial charge on any atom is 0.412 e. The van der Waals surface area contributed by atoms with Gasteiger partial charge in [0.25, 0.3) is 0 Å². The van der Waals surface area contributed by atoms with Crippen LogP contribution in [-0.4, -0.2) is 36.8 Å². The molecule has 0 spiro atoms. The zero-order chi connectivity index (χ0) is 26.4. The maximum atomic E-state index is 12.3. The molecular formula is C29H31N3O5. The van der Waals surface area contributed by atoms with E-state index in [-0.39, 0.29) is 31.5 Å². The number of ether oxygens (including phenoxy) is 2. The lowest BCUT2D eigenvalue weighted by molar-refractivity contribution is -0.120. The third-order valence-corrected chi connectivity index (χ3v) is 5.83. The summed E-state index contributed by atoms with van der Waals surface area (Å²) in [7, 11) is 0. The topological polar surface area (TPSA) is 106 Å². The first-order chi connectivity index (χ1) is 17.7. The number of carbonyl (C=O) groups excluding carboxylic acids is 3. The number of alkyl carbamates (subject to hydrolysis) is 1. The quantitative estimate of drug-likeness (QED) is 0.413. The van der Waals surface area contributed by atoms with Gasteiger partial charge in [-0.15, -0.1) is 0 Å². The van der Waals surface area contributed by atoms with Gasteiger partial charge in [-0.25, -0.2) is 9.59 Å². The molecule has 3 aromatic carbocycles. The molecule has 192 valence electrons. The van der Waals surface area contributed by atoms with Crippen LogP contribution in [0.3, 0.4) is 0 Å². The van der Waals surface area contributed by atoms with Crippen molar-refractivity contribution >= 4 is 23.8 Å². The second-order valence-corrected chi connectivity index (χ2v) is 9.78. The van der Waals surface area contributed by atoms with E-state index < -0.39 is 17.8 Å². The monoisotopic (exact) mass is 501 g/mol. The molecular weight excluding hydrogens is 470 g/mol. The molecule has 0 atom stereocenters. The van der Waals surface area contributed by atoms with Crippen molar-refractivity contribution in [2.45, 2.75) is 38.8 Å². The van der Waals surface area contributed by atoms with Crippen molar-refractivity contribution in [3.63, 3.8) is 0 Å². The molecule has 0 aromatic heterocycles. The summed E-state index contributed by atoms with van der Waals surface area (Å²) < 4.78 is 10.7. The number of anilines is 1. The minimum Gasteiger partial charge on any atom is -0.449 e. The minimum absolute atomic E-state index is 0.0419. The molecule has 0 aliphatic heterocycles. The summed E-state index contributed by atoms with van der Waals surface area (Å²) in [6, 6.07) is 23.2. The average Bonchev–Trinajstić information content (AvgIpc) is 3.18. The third-order valence-electron chi connectivity index (χ3n) is 5.83. The van der Waals surface area contributed by atoms with E-state index in [4.69, 9.17) is 9.47 Å². The van der Waals surface area contributed by atoms with Crippen LogP contribution in [0.2, 0.25) is 0 Å². The van der Waals surface area contributed by atoms with Crippen LogP contribution in [0, 0.1) is 0 Å². The molecule has 3 N–H and O–H groups in total. The minimum atomic E-state index is -0.644. The van der Waals surface area contributed by atoms with Crippen molar-refractivity contribution < 1.29 is 23.9 Å². The molecule has 0 saturated heterocycles. The van der Waals surface area contributed by atoms with Crippen molar-refractivity contribution in [1.29, 1.82) is 0 Å². The van der Waals surface area contributed by atoms with E-state index in [0.717, 1.165) is 27.8 Å². The van der Waals surface area contributed by atoms with Gasteiger partial charge >= 0.3 is 12.2 Å². The first-order valence-corrected chi connectivity index (χ1v) is 12.1. The number of hydrogen-bond donors (Lipinski definition) is 3. The van der Waals surface area contributed by atoms with E-state index in [1.54, 1.807) is 45.0 Å². The number of rotatable bonds is 7. The van der Waals surface area contributed by atoms with E-state index in [9.17, 15) is 14.4 Å². The van der Waals surface area contributed by atoms with Crippen LogP contribution in [0.5, 0.6) is 0 Å². The molecule has 0 unspecified atom stereocenters. The zero-order valence-corrected chi connectivity index (χ0v) is 21.2. The summed E-state index contributed by atoms with van der Waals surface area (Å²) in [4.78, 5) is 36.3. The van der Waals surface area contributed by atoms with Gasteiger partial charge in [-0.05, 0) is 60.7 Å². The Morgan fingerprint density at radius 1 is 0.784 bits per heavy atom. The number of fused-ring (bicyclic) bond motifs is 3. The highest BCUT2D eigenvalue weighted by Gasteiger charge is 2.29. The summed E-state index contributed by atoms with van der Waals surface area (Å²) >= 11 is 0. The van der Waals surface area contributed by atoms with Gasteiger partial charge in [0, 0.05) is 18.2 Å². The molecule has 3 amide bonds. The van der Waals surface area contributed by atoms with Crippen LogP contribution in [0.4, 0.5) is 15.3 Å². The zero-order valence-electron chi connectivity index (χ0n) is 21.2. The fourth-order valence-corrected chi connectivity index (χ4v) is 4.19. The Balaban J connectivity index is 1.19. The molecule has 37 heavy (non-hydrogen) atoms. The molecule has 0 radical (unpaired) electrons. The smallest absolute Gasteiger partial charge is 0.412 e. The molecule has 0 saturated carbocycles. The molecule has 0 heterocycles. The normalized spacial score (nSPS) is 12.2. The third kappa shape index (κ3) is 6.88. The Labute approximate surface area is 216 Å². The second kappa shape index (κ2) is 11.2. The van der Waals surface area contributed by atoms with Gasteiger partial charge in [-0.3, -0.25) is 10.1 Å². The molecule has 3 aromatic rings. The number of hydrogen-bond acceptors (Lipinski definition) is 5. The van der Waals surface area contributed by atoms with Gasteiger partial charge in [0.2, 0.25) is 5.91 Å². The Hall–Kier alpha value is -4.33. The summed E-state index contributed by atoms with van der Waals surface area (Å²) in [5.74, 6) is -0.385. The van der Waals surface area contributed by atoms with Gasteiger partial charge in [0.1, 0.15) is 18.8 Å². The average molecular weight is 502 g/mol. The van der Waals surface area contributed by atoms with E-state index in [2.05, 4.69) is 40.2 Å². The molecule has 0 bridgehead atoms. The molecule has 8 nitrogen and oxygen atoms in total. The Morgan fingerprint density at radius 3 is 1.97 bits per heavy atom. The van der Waals surface area contributed by atoms with Gasteiger partial charge in [-0.1, -0.05) is 60.7 Å². The first kappa shape index (κ1) is 25.8. The van der Waals surface area contributed by atoms with E-state index in [0.29, 0.717) is 5.69 Å². The highest BCUT2D eigenvalue weighted by Crippen LogP contribution is 2.44. The van der Waals surface area contributed by atoms with Gasteiger partial charge in [0.05, 0.1) is 0 Å². The fourth-order valence-electron chi connectivity index (χ4n) is 4.19. The van der Waals surface area contributed by atoms with Crippen molar-refractivity contribution in [3.05, 3.63) is 89.5 Å². The lowest BCUT2D eigenvalue weighted by Gasteiger charge is -2.19. The lowest BCUT2D eigenvalue weighted by atomic mass is 9.98. The molecule has 1 aliphatic rings. The van der Waals surface area contributed by atoms with E-state index in [1.165, 1.54) is 0 Å². The highest BCUT2D eigenvalue weighted by atomic mass is 16.6.